The highest BCUT2D eigenvalue weighted by atomic mass is 35.5. The maximum atomic E-state index is 13.1. The molecule has 0 aliphatic heterocycles. The first-order chi connectivity index (χ1) is 8.61. The Kier molecular flexibility index (Phi) is 3.62. The minimum Gasteiger partial charge on any atom is -0.494 e. The highest BCUT2D eigenvalue weighted by molar-refractivity contribution is 6.28. The van der Waals surface area contributed by atoms with Gasteiger partial charge in [-0.25, -0.2) is 14.4 Å². The number of anilines is 2. The zero-order valence-electron chi connectivity index (χ0n) is 9.89. The van der Waals surface area contributed by atoms with Crippen LogP contribution in [-0.2, 0) is 0 Å². The number of ether oxygens (including phenoxy) is 1. The molecular formula is C12H11ClFN3O. The number of hydrogen-bond acceptors (Lipinski definition) is 4. The summed E-state index contributed by atoms with van der Waals surface area (Å²) < 4.78 is 18.3. The fourth-order valence-electron chi connectivity index (χ4n) is 1.56. The number of methoxy groups -OCH3 is 1. The SMILES string of the molecule is COc1cc(F)ccc1N(C)c1ccnc(Cl)n1. The maximum Gasteiger partial charge on any atom is 0.224 e. The summed E-state index contributed by atoms with van der Waals surface area (Å²) in [7, 11) is 3.27. The van der Waals surface area contributed by atoms with E-state index in [4.69, 9.17) is 16.3 Å². The number of halogens is 2. The van der Waals surface area contributed by atoms with E-state index in [0.29, 0.717) is 17.3 Å². The maximum absolute atomic E-state index is 13.1. The molecule has 0 saturated carbocycles. The second kappa shape index (κ2) is 5.18. The first-order valence-electron chi connectivity index (χ1n) is 5.17. The predicted octanol–water partition coefficient (Wildman–Crippen LogP) is 3.05. The smallest absolute Gasteiger partial charge is 0.224 e. The Balaban J connectivity index is 2.42. The van der Waals surface area contributed by atoms with Crippen molar-refractivity contribution in [3.8, 4) is 5.75 Å². The summed E-state index contributed by atoms with van der Waals surface area (Å²) in [4.78, 5) is 9.63. The molecule has 0 unspecified atom stereocenters. The van der Waals surface area contributed by atoms with E-state index in [-0.39, 0.29) is 11.1 Å². The van der Waals surface area contributed by atoms with Crippen LogP contribution in [0.2, 0.25) is 5.28 Å². The Morgan fingerprint density at radius 2 is 2.11 bits per heavy atom. The summed E-state index contributed by atoms with van der Waals surface area (Å²) in [5, 5.41) is 0.153. The van der Waals surface area contributed by atoms with Crippen LogP contribution < -0.4 is 9.64 Å². The third-order valence-electron chi connectivity index (χ3n) is 2.46. The van der Waals surface area contributed by atoms with Crippen molar-refractivity contribution in [1.29, 1.82) is 0 Å². The van der Waals surface area contributed by atoms with Gasteiger partial charge in [0.05, 0.1) is 12.8 Å². The summed E-state index contributed by atoms with van der Waals surface area (Å²) >= 11 is 5.74. The highest BCUT2D eigenvalue weighted by Gasteiger charge is 2.12. The molecule has 1 aromatic carbocycles. The molecule has 0 amide bonds. The van der Waals surface area contributed by atoms with Crippen molar-refractivity contribution < 1.29 is 9.13 Å². The van der Waals surface area contributed by atoms with Crippen LogP contribution >= 0.6 is 11.6 Å². The van der Waals surface area contributed by atoms with Gasteiger partial charge in [0.1, 0.15) is 17.4 Å². The van der Waals surface area contributed by atoms with E-state index >= 15 is 0 Å². The zero-order chi connectivity index (χ0) is 13.1. The van der Waals surface area contributed by atoms with Crippen LogP contribution in [0.25, 0.3) is 0 Å². The van der Waals surface area contributed by atoms with Gasteiger partial charge in [-0.2, -0.15) is 0 Å². The summed E-state index contributed by atoms with van der Waals surface area (Å²) in [6, 6.07) is 5.99. The number of benzene rings is 1. The van der Waals surface area contributed by atoms with E-state index in [0.717, 1.165) is 0 Å². The van der Waals surface area contributed by atoms with Crippen molar-refractivity contribution in [3.05, 3.63) is 41.6 Å². The van der Waals surface area contributed by atoms with Gasteiger partial charge in [-0.3, -0.25) is 0 Å². The lowest BCUT2D eigenvalue weighted by Crippen LogP contribution is -2.12. The van der Waals surface area contributed by atoms with Crippen LogP contribution in [-0.4, -0.2) is 24.1 Å². The van der Waals surface area contributed by atoms with Gasteiger partial charge in [0.2, 0.25) is 5.28 Å². The van der Waals surface area contributed by atoms with Crippen LogP contribution in [0.5, 0.6) is 5.75 Å². The number of nitrogens with zero attached hydrogens (tertiary/aromatic N) is 3. The lowest BCUT2D eigenvalue weighted by atomic mass is 10.2. The van der Waals surface area contributed by atoms with Gasteiger partial charge in [-0.1, -0.05) is 0 Å². The lowest BCUT2D eigenvalue weighted by Gasteiger charge is -2.20. The molecule has 1 aromatic heterocycles. The van der Waals surface area contributed by atoms with Crippen molar-refractivity contribution in [2.24, 2.45) is 0 Å². The minimum atomic E-state index is -0.357. The van der Waals surface area contributed by atoms with Crippen LogP contribution in [0.3, 0.4) is 0 Å². The van der Waals surface area contributed by atoms with Crippen LogP contribution in [0.1, 0.15) is 0 Å². The quantitative estimate of drug-likeness (QED) is 0.801. The average molecular weight is 268 g/mol. The molecule has 4 nitrogen and oxygen atoms in total. The van der Waals surface area contributed by atoms with Gasteiger partial charge in [-0.05, 0) is 29.8 Å². The molecule has 18 heavy (non-hydrogen) atoms. The van der Waals surface area contributed by atoms with Gasteiger partial charge in [-0.15, -0.1) is 0 Å². The topological polar surface area (TPSA) is 38.2 Å². The third kappa shape index (κ3) is 2.51. The lowest BCUT2D eigenvalue weighted by molar-refractivity contribution is 0.412. The third-order valence-corrected chi connectivity index (χ3v) is 2.64. The first-order valence-corrected chi connectivity index (χ1v) is 5.55. The van der Waals surface area contributed by atoms with E-state index in [1.165, 1.54) is 19.2 Å². The standard InChI is InChI=1S/C12H11ClFN3O/c1-17(11-5-6-15-12(13)16-11)9-4-3-8(14)7-10(9)18-2/h3-7H,1-2H3. The number of aromatic nitrogens is 2. The van der Waals surface area contributed by atoms with Gasteiger partial charge in [0.25, 0.3) is 0 Å². The molecule has 0 aliphatic carbocycles. The summed E-state index contributed by atoms with van der Waals surface area (Å²) in [6.45, 7) is 0. The number of hydrogen-bond donors (Lipinski definition) is 0. The van der Waals surface area contributed by atoms with Crippen LogP contribution in [0.4, 0.5) is 15.9 Å². The Morgan fingerprint density at radius 1 is 1.33 bits per heavy atom. The van der Waals surface area contributed by atoms with E-state index in [9.17, 15) is 4.39 Å². The largest absolute Gasteiger partial charge is 0.494 e. The Morgan fingerprint density at radius 3 is 2.78 bits per heavy atom. The van der Waals surface area contributed by atoms with Crippen LogP contribution in [0.15, 0.2) is 30.5 Å². The molecule has 0 aliphatic rings. The molecule has 0 radical (unpaired) electrons. The second-order valence-electron chi connectivity index (χ2n) is 3.56. The van der Waals surface area contributed by atoms with Crippen LogP contribution in [0, 0.1) is 5.82 Å². The molecule has 0 atom stereocenters. The molecule has 0 N–H and O–H groups in total. The molecule has 94 valence electrons. The van der Waals surface area contributed by atoms with Gasteiger partial charge < -0.3 is 9.64 Å². The van der Waals surface area contributed by atoms with E-state index < -0.39 is 0 Å². The second-order valence-corrected chi connectivity index (χ2v) is 3.90. The normalized spacial score (nSPS) is 10.2. The molecule has 1 heterocycles. The minimum absolute atomic E-state index is 0.153. The molecule has 6 heteroatoms. The van der Waals surface area contributed by atoms with Crippen molar-refractivity contribution >= 4 is 23.1 Å². The monoisotopic (exact) mass is 267 g/mol. The number of rotatable bonds is 3. The fourth-order valence-corrected chi connectivity index (χ4v) is 1.71. The van der Waals surface area contributed by atoms with Crippen molar-refractivity contribution in [2.75, 3.05) is 19.1 Å². The van der Waals surface area contributed by atoms with Gasteiger partial charge in [0, 0.05) is 19.3 Å². The molecular weight excluding hydrogens is 257 g/mol. The highest BCUT2D eigenvalue weighted by Crippen LogP contribution is 2.32. The summed E-state index contributed by atoms with van der Waals surface area (Å²) in [5.41, 5.74) is 0.689. The summed E-state index contributed by atoms with van der Waals surface area (Å²) in [6.07, 6.45) is 1.55. The van der Waals surface area contributed by atoms with E-state index in [1.807, 2.05) is 0 Å². The molecule has 2 rings (SSSR count). The summed E-state index contributed by atoms with van der Waals surface area (Å²) in [5.74, 6) is 0.664. The predicted molar refractivity (Wildman–Crippen MR) is 68.1 cm³/mol. The first kappa shape index (κ1) is 12.6. The average Bonchev–Trinajstić information content (AvgIpc) is 2.37. The van der Waals surface area contributed by atoms with Crippen molar-refractivity contribution in [2.45, 2.75) is 0 Å². The van der Waals surface area contributed by atoms with E-state index in [2.05, 4.69) is 9.97 Å². The molecule has 0 saturated heterocycles. The molecule has 0 fully saturated rings. The Labute approximate surface area is 109 Å². The Bertz CT molecular complexity index is 565. The fraction of sp³-hybridized carbons (Fsp3) is 0.167. The molecule has 2 aromatic rings. The molecule has 0 spiro atoms. The zero-order valence-corrected chi connectivity index (χ0v) is 10.6. The van der Waals surface area contributed by atoms with Crippen molar-refractivity contribution in [1.82, 2.24) is 9.97 Å². The van der Waals surface area contributed by atoms with Gasteiger partial charge >= 0.3 is 0 Å². The Hall–Kier alpha value is -1.88. The van der Waals surface area contributed by atoms with Crippen molar-refractivity contribution in [3.63, 3.8) is 0 Å². The van der Waals surface area contributed by atoms with Gasteiger partial charge in [0.15, 0.2) is 0 Å². The molecule has 0 bridgehead atoms. The van der Waals surface area contributed by atoms with E-state index in [1.54, 1.807) is 30.3 Å².